The molecule has 1 N–H and O–H groups in total. The molecule has 3 aromatic heterocycles. The van der Waals surface area contributed by atoms with E-state index in [0.717, 1.165) is 52.0 Å². The summed E-state index contributed by atoms with van der Waals surface area (Å²) in [5, 5.41) is 10.5. The lowest BCUT2D eigenvalue weighted by Crippen LogP contribution is -2.12. The first-order valence-corrected chi connectivity index (χ1v) is 10.6. The highest BCUT2D eigenvalue weighted by Gasteiger charge is 2.21. The molecule has 0 atom stereocenters. The summed E-state index contributed by atoms with van der Waals surface area (Å²) in [7, 11) is 0. The first-order chi connectivity index (χ1) is 13.4. The van der Waals surface area contributed by atoms with E-state index >= 15 is 0 Å². The van der Waals surface area contributed by atoms with Gasteiger partial charge in [0.15, 0.2) is 5.82 Å². The van der Waals surface area contributed by atoms with Crippen LogP contribution in [0.1, 0.15) is 65.9 Å². The largest absolute Gasteiger partial charge is 0.346 e. The van der Waals surface area contributed by atoms with Gasteiger partial charge in [-0.15, -0.1) is 11.3 Å². The molecule has 4 rings (SSSR count). The molecule has 0 amide bonds. The number of aryl methyl sites for hydroxylation is 3. The van der Waals surface area contributed by atoms with Crippen molar-refractivity contribution in [3.8, 4) is 6.07 Å². The fourth-order valence-electron chi connectivity index (χ4n) is 4.34. The van der Waals surface area contributed by atoms with Crippen molar-refractivity contribution in [2.45, 2.75) is 59.4 Å². The molecule has 28 heavy (non-hydrogen) atoms. The molecule has 0 bridgehead atoms. The standard InChI is InChI=1S/C22H24N4OS/c1-12(2)26-13(3)9-15(14(26)4)10-16(11-23)20-24-21(27)19-17-7-5-6-8-18(17)28-22(19)25-20/h9-10,12H,5-8H2,1-4H3,(H,24,25,27)/b16-10+. The van der Waals surface area contributed by atoms with Gasteiger partial charge in [-0.05, 0) is 76.6 Å². The Kier molecular flexibility index (Phi) is 4.72. The molecule has 1 aliphatic rings. The number of hydrogen-bond acceptors (Lipinski definition) is 4. The molecule has 6 heteroatoms. The number of nitrogens with one attached hydrogen (secondary N) is 1. The zero-order chi connectivity index (χ0) is 20.0. The fourth-order valence-corrected chi connectivity index (χ4v) is 5.61. The summed E-state index contributed by atoms with van der Waals surface area (Å²) in [4.78, 5) is 22.3. The molecule has 0 fully saturated rings. The number of fused-ring (bicyclic) bond motifs is 3. The molecule has 0 aromatic carbocycles. The van der Waals surface area contributed by atoms with Crippen molar-refractivity contribution in [2.75, 3.05) is 0 Å². The highest BCUT2D eigenvalue weighted by molar-refractivity contribution is 7.18. The summed E-state index contributed by atoms with van der Waals surface area (Å²) in [6, 6.07) is 4.65. The summed E-state index contributed by atoms with van der Waals surface area (Å²) in [5.41, 5.74) is 4.65. The summed E-state index contributed by atoms with van der Waals surface area (Å²) in [6.45, 7) is 8.41. The van der Waals surface area contributed by atoms with E-state index in [0.29, 0.717) is 17.4 Å². The second kappa shape index (κ2) is 7.06. The molecule has 5 nitrogen and oxygen atoms in total. The van der Waals surface area contributed by atoms with Crippen LogP contribution in [0.5, 0.6) is 0 Å². The third kappa shape index (κ3) is 3.00. The van der Waals surface area contributed by atoms with Gasteiger partial charge in [0.25, 0.3) is 5.56 Å². The number of H-pyrrole nitrogens is 1. The predicted molar refractivity (Wildman–Crippen MR) is 115 cm³/mol. The number of aromatic nitrogens is 3. The Labute approximate surface area is 168 Å². The van der Waals surface area contributed by atoms with E-state index in [-0.39, 0.29) is 5.56 Å². The van der Waals surface area contributed by atoms with Crippen LogP contribution in [0.4, 0.5) is 0 Å². The molecule has 3 heterocycles. The van der Waals surface area contributed by atoms with Gasteiger partial charge in [0.1, 0.15) is 10.9 Å². The topological polar surface area (TPSA) is 74.5 Å². The Morgan fingerprint density at radius 3 is 2.79 bits per heavy atom. The van der Waals surface area contributed by atoms with E-state index in [4.69, 9.17) is 0 Å². The van der Waals surface area contributed by atoms with E-state index in [2.05, 4.69) is 54.4 Å². The number of nitriles is 1. The average molecular weight is 393 g/mol. The normalized spacial score (nSPS) is 14.5. The number of thiophene rings is 1. The molecule has 1 aliphatic carbocycles. The molecule has 0 unspecified atom stereocenters. The van der Waals surface area contributed by atoms with Gasteiger partial charge in [0.05, 0.1) is 11.0 Å². The highest BCUT2D eigenvalue weighted by Crippen LogP contribution is 2.34. The lowest BCUT2D eigenvalue weighted by atomic mass is 9.97. The predicted octanol–water partition coefficient (Wildman–Crippen LogP) is 4.93. The van der Waals surface area contributed by atoms with Gasteiger partial charge in [0.2, 0.25) is 0 Å². The van der Waals surface area contributed by atoms with Gasteiger partial charge in [-0.1, -0.05) is 0 Å². The Morgan fingerprint density at radius 2 is 2.11 bits per heavy atom. The molecule has 144 valence electrons. The van der Waals surface area contributed by atoms with Crippen LogP contribution in [0, 0.1) is 25.2 Å². The molecule has 0 aliphatic heterocycles. The molecule has 0 saturated carbocycles. The summed E-state index contributed by atoms with van der Waals surface area (Å²) in [6.07, 6.45) is 6.09. The minimum Gasteiger partial charge on any atom is -0.346 e. The van der Waals surface area contributed by atoms with E-state index in [9.17, 15) is 10.1 Å². The van der Waals surface area contributed by atoms with Crippen LogP contribution in [0.15, 0.2) is 10.9 Å². The number of aromatic amines is 1. The van der Waals surface area contributed by atoms with Crippen molar-refractivity contribution in [1.82, 2.24) is 14.5 Å². The molecular weight excluding hydrogens is 368 g/mol. The zero-order valence-electron chi connectivity index (χ0n) is 16.7. The maximum absolute atomic E-state index is 12.8. The maximum Gasteiger partial charge on any atom is 0.260 e. The first-order valence-electron chi connectivity index (χ1n) is 9.76. The minimum absolute atomic E-state index is 0.131. The van der Waals surface area contributed by atoms with Gasteiger partial charge in [-0.3, -0.25) is 4.79 Å². The van der Waals surface area contributed by atoms with Crippen LogP contribution in [0.3, 0.4) is 0 Å². The lowest BCUT2D eigenvalue weighted by Gasteiger charge is -2.13. The van der Waals surface area contributed by atoms with Gasteiger partial charge in [-0.25, -0.2) is 4.98 Å². The van der Waals surface area contributed by atoms with Crippen LogP contribution >= 0.6 is 11.3 Å². The van der Waals surface area contributed by atoms with Crippen molar-refractivity contribution in [3.63, 3.8) is 0 Å². The molecule has 0 saturated heterocycles. The smallest absolute Gasteiger partial charge is 0.260 e. The third-order valence-electron chi connectivity index (χ3n) is 5.54. The molecular formula is C22H24N4OS. The zero-order valence-corrected chi connectivity index (χ0v) is 17.5. The quantitative estimate of drug-likeness (QED) is 0.642. The SMILES string of the molecule is Cc1cc(/C=C(\C#N)c2nc3sc4c(c3c(=O)[nH]2)CCCC4)c(C)n1C(C)C. The van der Waals surface area contributed by atoms with Crippen molar-refractivity contribution in [1.29, 1.82) is 5.26 Å². The highest BCUT2D eigenvalue weighted by atomic mass is 32.1. The Hall–Kier alpha value is -2.65. The van der Waals surface area contributed by atoms with Gasteiger partial charge in [0, 0.05) is 22.3 Å². The lowest BCUT2D eigenvalue weighted by molar-refractivity contribution is 0.574. The average Bonchev–Trinajstić information content (AvgIpc) is 3.16. The van der Waals surface area contributed by atoms with E-state index in [1.165, 1.54) is 11.3 Å². The van der Waals surface area contributed by atoms with Crippen molar-refractivity contribution in [2.24, 2.45) is 0 Å². The second-order valence-corrected chi connectivity index (χ2v) is 8.85. The van der Waals surface area contributed by atoms with Gasteiger partial charge in [-0.2, -0.15) is 5.26 Å². The molecule has 0 spiro atoms. The first kappa shape index (κ1) is 18.7. The monoisotopic (exact) mass is 392 g/mol. The Bertz CT molecular complexity index is 1200. The minimum atomic E-state index is -0.131. The van der Waals surface area contributed by atoms with E-state index in [1.54, 1.807) is 11.3 Å². The van der Waals surface area contributed by atoms with Crippen molar-refractivity contribution in [3.05, 3.63) is 49.6 Å². The Balaban J connectivity index is 1.84. The van der Waals surface area contributed by atoms with Crippen LogP contribution in [-0.2, 0) is 12.8 Å². The van der Waals surface area contributed by atoms with Gasteiger partial charge >= 0.3 is 0 Å². The summed E-state index contributed by atoms with van der Waals surface area (Å²) >= 11 is 1.60. The molecule has 0 radical (unpaired) electrons. The summed E-state index contributed by atoms with van der Waals surface area (Å²) < 4.78 is 2.24. The van der Waals surface area contributed by atoms with Crippen LogP contribution in [-0.4, -0.2) is 14.5 Å². The van der Waals surface area contributed by atoms with Crippen molar-refractivity contribution >= 4 is 33.2 Å². The van der Waals surface area contributed by atoms with Crippen molar-refractivity contribution < 1.29 is 0 Å². The number of hydrogen-bond donors (Lipinski definition) is 1. The van der Waals surface area contributed by atoms with E-state index in [1.807, 2.05) is 6.08 Å². The Morgan fingerprint density at radius 1 is 1.36 bits per heavy atom. The number of rotatable bonds is 3. The number of allylic oxidation sites excluding steroid dienone is 1. The van der Waals surface area contributed by atoms with Gasteiger partial charge < -0.3 is 9.55 Å². The summed E-state index contributed by atoms with van der Waals surface area (Å²) in [5.74, 6) is 0.355. The van der Waals surface area contributed by atoms with E-state index < -0.39 is 0 Å². The maximum atomic E-state index is 12.8. The van der Waals surface area contributed by atoms with Crippen LogP contribution in [0.2, 0.25) is 0 Å². The van der Waals surface area contributed by atoms with Crippen LogP contribution in [0.25, 0.3) is 21.9 Å². The fraction of sp³-hybridized carbons (Fsp3) is 0.409. The number of nitrogens with zero attached hydrogens (tertiary/aromatic N) is 3. The molecule has 3 aromatic rings. The second-order valence-electron chi connectivity index (χ2n) is 7.77. The van der Waals surface area contributed by atoms with Crippen LogP contribution < -0.4 is 5.56 Å². The third-order valence-corrected chi connectivity index (χ3v) is 6.73.